The number of rotatable bonds is 5. The molecule has 0 fully saturated rings. The van der Waals surface area contributed by atoms with Crippen molar-refractivity contribution in [3.8, 4) is 0 Å². The molecule has 0 aromatic carbocycles. The van der Waals surface area contributed by atoms with Gasteiger partial charge in [-0.3, -0.25) is 9.59 Å². The van der Waals surface area contributed by atoms with E-state index in [1.165, 1.54) is 4.57 Å². The average molecular weight is 265 g/mol. The summed E-state index contributed by atoms with van der Waals surface area (Å²) in [6.45, 7) is 4.66. The number of carbonyl (C=O) groups excluding carboxylic acids is 1. The minimum Gasteiger partial charge on any atom is -0.341 e. The van der Waals surface area contributed by atoms with Crippen molar-refractivity contribution in [3.63, 3.8) is 0 Å². The van der Waals surface area contributed by atoms with Crippen LogP contribution in [0.5, 0.6) is 0 Å². The lowest BCUT2D eigenvalue weighted by Gasteiger charge is -2.21. The molecule has 0 aliphatic carbocycles. The van der Waals surface area contributed by atoms with Gasteiger partial charge in [0.25, 0.3) is 11.5 Å². The van der Waals surface area contributed by atoms with Crippen molar-refractivity contribution >= 4 is 5.91 Å². The maximum atomic E-state index is 12.2. The van der Waals surface area contributed by atoms with Crippen molar-refractivity contribution in [1.82, 2.24) is 9.47 Å². The van der Waals surface area contributed by atoms with E-state index in [9.17, 15) is 9.59 Å². The first kappa shape index (κ1) is 15.4. The monoisotopic (exact) mass is 265 g/mol. The van der Waals surface area contributed by atoms with Gasteiger partial charge in [0.2, 0.25) is 0 Å². The summed E-state index contributed by atoms with van der Waals surface area (Å²) in [5.41, 5.74) is 5.88. The van der Waals surface area contributed by atoms with E-state index in [1.54, 1.807) is 37.3 Å². The molecular weight excluding hydrogens is 242 g/mol. The molecule has 2 N–H and O–H groups in total. The Hall–Kier alpha value is -1.62. The Labute approximate surface area is 114 Å². The van der Waals surface area contributed by atoms with E-state index < -0.39 is 0 Å². The summed E-state index contributed by atoms with van der Waals surface area (Å²) in [7, 11) is 3.33. The van der Waals surface area contributed by atoms with Crippen LogP contribution in [-0.2, 0) is 7.05 Å². The first-order valence-electron chi connectivity index (χ1n) is 6.51. The number of carbonyl (C=O) groups is 1. The second kappa shape index (κ2) is 6.52. The van der Waals surface area contributed by atoms with Crippen LogP contribution in [0.2, 0.25) is 0 Å². The Morgan fingerprint density at radius 3 is 2.68 bits per heavy atom. The second-order valence-corrected chi connectivity index (χ2v) is 5.26. The van der Waals surface area contributed by atoms with Crippen LogP contribution in [-0.4, -0.2) is 35.0 Å². The van der Waals surface area contributed by atoms with Crippen LogP contribution < -0.4 is 11.3 Å². The summed E-state index contributed by atoms with van der Waals surface area (Å²) in [5.74, 6) is 0.130. The van der Waals surface area contributed by atoms with Gasteiger partial charge in [-0.15, -0.1) is 0 Å². The largest absolute Gasteiger partial charge is 0.341 e. The van der Waals surface area contributed by atoms with Gasteiger partial charge in [0.15, 0.2) is 0 Å². The molecule has 1 amide bonds. The van der Waals surface area contributed by atoms with Crippen molar-refractivity contribution in [2.45, 2.75) is 26.3 Å². The van der Waals surface area contributed by atoms with Crippen LogP contribution in [0.1, 0.15) is 30.6 Å². The van der Waals surface area contributed by atoms with E-state index in [4.69, 9.17) is 5.73 Å². The summed E-state index contributed by atoms with van der Waals surface area (Å²) >= 11 is 0. The normalized spacial score (nSPS) is 12.5. The number of hydrogen-bond acceptors (Lipinski definition) is 3. The Balaban J connectivity index is 2.72. The van der Waals surface area contributed by atoms with Crippen molar-refractivity contribution in [1.29, 1.82) is 0 Å². The molecule has 1 unspecified atom stereocenters. The van der Waals surface area contributed by atoms with Gasteiger partial charge in [0.1, 0.15) is 5.56 Å². The fraction of sp³-hybridized carbons (Fsp3) is 0.571. The van der Waals surface area contributed by atoms with E-state index in [0.29, 0.717) is 12.5 Å². The molecule has 1 heterocycles. The molecule has 0 saturated carbocycles. The third-order valence-corrected chi connectivity index (χ3v) is 3.35. The molecular formula is C14H23N3O2. The summed E-state index contributed by atoms with van der Waals surface area (Å²) in [5, 5.41) is 0. The molecule has 19 heavy (non-hydrogen) atoms. The number of amides is 1. The third kappa shape index (κ3) is 3.92. The molecule has 0 bridgehead atoms. The predicted molar refractivity (Wildman–Crippen MR) is 76.1 cm³/mol. The molecule has 0 aliphatic rings. The van der Waals surface area contributed by atoms with Crippen LogP contribution in [0.4, 0.5) is 0 Å². The fourth-order valence-corrected chi connectivity index (χ4v) is 1.74. The maximum absolute atomic E-state index is 12.2. The van der Waals surface area contributed by atoms with Crippen LogP contribution in [0.15, 0.2) is 23.1 Å². The molecule has 5 heteroatoms. The summed E-state index contributed by atoms with van der Waals surface area (Å²) in [4.78, 5) is 25.6. The summed E-state index contributed by atoms with van der Waals surface area (Å²) in [6, 6.07) is 3.32. The van der Waals surface area contributed by atoms with E-state index in [2.05, 4.69) is 13.8 Å². The van der Waals surface area contributed by atoms with Crippen molar-refractivity contribution in [2.75, 3.05) is 13.6 Å². The molecule has 0 radical (unpaired) electrons. The Morgan fingerprint density at radius 1 is 1.47 bits per heavy atom. The number of aromatic nitrogens is 1. The molecule has 0 saturated heterocycles. The van der Waals surface area contributed by atoms with Crippen LogP contribution in [0.3, 0.4) is 0 Å². The standard InChI is InChI=1S/C14H23N3O2/c1-10(2)12(15)7-9-17(4)14(19)11-6-5-8-16(3)13(11)18/h5-6,8,10,12H,7,9,15H2,1-4H3. The first-order chi connectivity index (χ1) is 8.84. The van der Waals surface area contributed by atoms with Crippen molar-refractivity contribution in [3.05, 3.63) is 34.2 Å². The van der Waals surface area contributed by atoms with Crippen molar-refractivity contribution in [2.24, 2.45) is 18.7 Å². The van der Waals surface area contributed by atoms with Crippen molar-refractivity contribution < 1.29 is 4.79 Å². The quantitative estimate of drug-likeness (QED) is 0.857. The highest BCUT2D eigenvalue weighted by Crippen LogP contribution is 2.05. The zero-order valence-electron chi connectivity index (χ0n) is 12.1. The van der Waals surface area contributed by atoms with Gasteiger partial charge in [-0.25, -0.2) is 0 Å². The van der Waals surface area contributed by atoms with E-state index in [-0.39, 0.29) is 23.1 Å². The number of pyridine rings is 1. The molecule has 106 valence electrons. The van der Waals surface area contributed by atoms with Gasteiger partial charge < -0.3 is 15.2 Å². The van der Waals surface area contributed by atoms with Crippen LogP contribution in [0, 0.1) is 5.92 Å². The number of nitrogens with two attached hydrogens (primary N) is 1. The van der Waals surface area contributed by atoms with Gasteiger partial charge in [0.05, 0.1) is 0 Å². The van der Waals surface area contributed by atoms with E-state index >= 15 is 0 Å². The Bertz CT molecular complexity index is 494. The maximum Gasteiger partial charge on any atom is 0.263 e. The smallest absolute Gasteiger partial charge is 0.263 e. The lowest BCUT2D eigenvalue weighted by atomic mass is 10.0. The highest BCUT2D eigenvalue weighted by atomic mass is 16.2. The molecule has 1 aromatic heterocycles. The Morgan fingerprint density at radius 2 is 2.11 bits per heavy atom. The molecule has 5 nitrogen and oxygen atoms in total. The average Bonchev–Trinajstić information content (AvgIpc) is 2.37. The topological polar surface area (TPSA) is 68.3 Å². The third-order valence-electron chi connectivity index (χ3n) is 3.35. The van der Waals surface area contributed by atoms with Crippen LogP contribution >= 0.6 is 0 Å². The fourth-order valence-electron chi connectivity index (χ4n) is 1.74. The molecule has 0 spiro atoms. The Kier molecular flexibility index (Phi) is 5.30. The number of nitrogens with zero attached hydrogens (tertiary/aromatic N) is 2. The summed E-state index contributed by atoms with van der Waals surface area (Å²) in [6.07, 6.45) is 2.36. The predicted octanol–water partition coefficient (Wildman–Crippen LogP) is 0.831. The minimum absolute atomic E-state index is 0.0638. The molecule has 1 rings (SSSR count). The van der Waals surface area contributed by atoms with Gasteiger partial charge in [0, 0.05) is 32.9 Å². The van der Waals surface area contributed by atoms with Gasteiger partial charge in [-0.2, -0.15) is 0 Å². The highest BCUT2D eigenvalue weighted by Gasteiger charge is 2.17. The zero-order valence-corrected chi connectivity index (χ0v) is 12.1. The zero-order chi connectivity index (χ0) is 14.6. The SMILES string of the molecule is CC(C)C(N)CCN(C)C(=O)c1cccn(C)c1=O. The van der Waals surface area contributed by atoms with Gasteiger partial charge in [-0.1, -0.05) is 13.8 Å². The lowest BCUT2D eigenvalue weighted by molar-refractivity contribution is 0.0787. The lowest BCUT2D eigenvalue weighted by Crippen LogP contribution is -2.37. The molecule has 0 aliphatic heterocycles. The first-order valence-corrected chi connectivity index (χ1v) is 6.51. The number of aryl methyl sites for hydroxylation is 1. The van der Waals surface area contributed by atoms with Gasteiger partial charge in [-0.05, 0) is 24.5 Å². The summed E-state index contributed by atoms with van der Waals surface area (Å²) < 4.78 is 1.40. The van der Waals surface area contributed by atoms with E-state index in [1.807, 2.05) is 0 Å². The highest BCUT2D eigenvalue weighted by molar-refractivity contribution is 5.93. The molecule has 1 aromatic rings. The van der Waals surface area contributed by atoms with E-state index in [0.717, 1.165) is 6.42 Å². The molecule has 1 atom stereocenters. The minimum atomic E-state index is -0.271. The van der Waals surface area contributed by atoms with Crippen LogP contribution in [0.25, 0.3) is 0 Å². The second-order valence-electron chi connectivity index (χ2n) is 5.26. The number of hydrogen-bond donors (Lipinski definition) is 1. The van der Waals surface area contributed by atoms with Gasteiger partial charge >= 0.3 is 0 Å².